The molecule has 1 aliphatic rings. The lowest BCUT2D eigenvalue weighted by Crippen LogP contribution is -2.49. The van der Waals surface area contributed by atoms with E-state index in [1.165, 1.54) is 0 Å². The van der Waals surface area contributed by atoms with Crippen LogP contribution in [-0.2, 0) is 18.3 Å². The summed E-state index contributed by atoms with van der Waals surface area (Å²) in [4.78, 5) is 19.2. The predicted octanol–water partition coefficient (Wildman–Crippen LogP) is 2.31. The van der Waals surface area contributed by atoms with E-state index in [-0.39, 0.29) is 11.9 Å². The SMILES string of the molecule is CCCOc1ccc(CCC(=O)N2CCNCC2c2nccn2C)cc1. The van der Waals surface area contributed by atoms with E-state index >= 15 is 0 Å². The standard InChI is InChI=1S/C20H28N4O2/c1-3-14-26-17-7-4-16(5-8-17)6-9-19(25)24-13-10-21-15-18(24)20-22-11-12-23(20)2/h4-5,7-8,11-12,18,21H,3,6,9-10,13-15H2,1-2H3. The number of hydrogen-bond donors (Lipinski definition) is 1. The minimum Gasteiger partial charge on any atom is -0.494 e. The molecule has 2 aromatic rings. The number of carbonyl (C=O) groups excluding carboxylic acids is 1. The maximum absolute atomic E-state index is 12.8. The monoisotopic (exact) mass is 356 g/mol. The van der Waals surface area contributed by atoms with Crippen LogP contribution < -0.4 is 10.1 Å². The molecule has 2 heterocycles. The zero-order chi connectivity index (χ0) is 18.4. The molecule has 3 rings (SSSR count). The van der Waals surface area contributed by atoms with Crippen molar-refractivity contribution in [1.82, 2.24) is 19.8 Å². The molecular formula is C20H28N4O2. The number of ether oxygens (including phenoxy) is 1. The highest BCUT2D eigenvalue weighted by Crippen LogP contribution is 2.22. The van der Waals surface area contributed by atoms with Crippen LogP contribution in [0.15, 0.2) is 36.7 Å². The molecule has 1 aliphatic heterocycles. The molecule has 26 heavy (non-hydrogen) atoms. The number of carbonyl (C=O) groups is 1. The lowest BCUT2D eigenvalue weighted by molar-refractivity contribution is -0.134. The summed E-state index contributed by atoms with van der Waals surface area (Å²) in [5, 5.41) is 3.37. The molecule has 140 valence electrons. The van der Waals surface area contributed by atoms with E-state index in [4.69, 9.17) is 4.74 Å². The second kappa shape index (κ2) is 8.85. The molecule has 1 aromatic carbocycles. The average Bonchev–Trinajstić information content (AvgIpc) is 3.11. The number of amides is 1. The Bertz CT molecular complexity index is 711. The Hall–Kier alpha value is -2.34. The Kier molecular flexibility index (Phi) is 6.28. The summed E-state index contributed by atoms with van der Waals surface area (Å²) in [6.07, 6.45) is 5.96. The molecule has 0 spiro atoms. The van der Waals surface area contributed by atoms with E-state index < -0.39 is 0 Å². The van der Waals surface area contributed by atoms with Crippen molar-refractivity contribution in [3.8, 4) is 5.75 Å². The molecule has 6 heteroatoms. The molecule has 0 saturated carbocycles. The van der Waals surface area contributed by atoms with Gasteiger partial charge in [-0.1, -0.05) is 19.1 Å². The number of piperazine rings is 1. The lowest BCUT2D eigenvalue weighted by Gasteiger charge is -2.35. The lowest BCUT2D eigenvalue weighted by atomic mass is 10.1. The van der Waals surface area contributed by atoms with Gasteiger partial charge in [0.15, 0.2) is 0 Å². The van der Waals surface area contributed by atoms with Crippen LogP contribution in [-0.4, -0.2) is 46.6 Å². The van der Waals surface area contributed by atoms with Crippen LogP contribution >= 0.6 is 0 Å². The summed E-state index contributed by atoms with van der Waals surface area (Å²) in [6, 6.07) is 8.06. The molecule has 1 N–H and O–H groups in total. The van der Waals surface area contributed by atoms with Gasteiger partial charge in [0.25, 0.3) is 0 Å². The number of nitrogens with one attached hydrogen (secondary N) is 1. The Balaban J connectivity index is 1.58. The first kappa shape index (κ1) is 18.5. The molecule has 1 saturated heterocycles. The highest BCUT2D eigenvalue weighted by atomic mass is 16.5. The van der Waals surface area contributed by atoms with E-state index in [9.17, 15) is 4.79 Å². The highest BCUT2D eigenvalue weighted by molar-refractivity contribution is 5.77. The maximum atomic E-state index is 12.8. The van der Waals surface area contributed by atoms with Gasteiger partial charge in [0.2, 0.25) is 5.91 Å². The van der Waals surface area contributed by atoms with Crippen molar-refractivity contribution in [2.45, 2.75) is 32.2 Å². The summed E-state index contributed by atoms with van der Waals surface area (Å²) in [5.74, 6) is 2.01. The number of rotatable bonds is 7. The van der Waals surface area contributed by atoms with Gasteiger partial charge in [0.05, 0.1) is 6.61 Å². The third-order valence-electron chi connectivity index (χ3n) is 4.74. The Morgan fingerprint density at radius 1 is 1.35 bits per heavy atom. The van der Waals surface area contributed by atoms with Crippen LogP contribution in [0.25, 0.3) is 0 Å². The number of benzene rings is 1. The van der Waals surface area contributed by atoms with Crippen LogP contribution in [0.1, 0.15) is 37.2 Å². The first-order valence-electron chi connectivity index (χ1n) is 9.38. The molecule has 1 unspecified atom stereocenters. The van der Waals surface area contributed by atoms with Crippen molar-refractivity contribution in [2.75, 3.05) is 26.2 Å². The van der Waals surface area contributed by atoms with Gasteiger partial charge in [0.1, 0.15) is 17.6 Å². The van der Waals surface area contributed by atoms with Crippen molar-refractivity contribution in [1.29, 1.82) is 0 Å². The summed E-state index contributed by atoms with van der Waals surface area (Å²) < 4.78 is 7.60. The molecule has 1 fully saturated rings. The number of hydrogen-bond acceptors (Lipinski definition) is 4. The fourth-order valence-corrected chi connectivity index (χ4v) is 3.30. The van der Waals surface area contributed by atoms with Crippen LogP contribution in [0.4, 0.5) is 0 Å². The van der Waals surface area contributed by atoms with Gasteiger partial charge in [-0.15, -0.1) is 0 Å². The van der Waals surface area contributed by atoms with E-state index in [0.717, 1.165) is 56.2 Å². The maximum Gasteiger partial charge on any atom is 0.223 e. The van der Waals surface area contributed by atoms with Crippen LogP contribution in [0.3, 0.4) is 0 Å². The average molecular weight is 356 g/mol. The van der Waals surface area contributed by atoms with E-state index in [1.54, 1.807) is 6.20 Å². The third kappa shape index (κ3) is 4.43. The van der Waals surface area contributed by atoms with Gasteiger partial charge >= 0.3 is 0 Å². The molecule has 0 radical (unpaired) electrons. The minimum atomic E-state index is 0.000991. The largest absolute Gasteiger partial charge is 0.494 e. The fourth-order valence-electron chi connectivity index (χ4n) is 3.30. The minimum absolute atomic E-state index is 0.000991. The molecule has 6 nitrogen and oxygen atoms in total. The zero-order valence-electron chi connectivity index (χ0n) is 15.6. The molecule has 1 aromatic heterocycles. The van der Waals surface area contributed by atoms with Crippen molar-refractivity contribution < 1.29 is 9.53 Å². The van der Waals surface area contributed by atoms with E-state index in [1.807, 2.05) is 47.0 Å². The van der Waals surface area contributed by atoms with E-state index in [2.05, 4.69) is 17.2 Å². The highest BCUT2D eigenvalue weighted by Gasteiger charge is 2.29. The van der Waals surface area contributed by atoms with Crippen molar-refractivity contribution in [3.63, 3.8) is 0 Å². The molecule has 0 aliphatic carbocycles. The van der Waals surface area contributed by atoms with Gasteiger partial charge < -0.3 is 19.5 Å². The molecule has 1 amide bonds. The van der Waals surface area contributed by atoms with Gasteiger partial charge in [0, 0.05) is 45.5 Å². The van der Waals surface area contributed by atoms with Crippen LogP contribution in [0.5, 0.6) is 5.75 Å². The van der Waals surface area contributed by atoms with Gasteiger partial charge in [-0.3, -0.25) is 4.79 Å². The normalized spacial score (nSPS) is 17.3. The summed E-state index contributed by atoms with van der Waals surface area (Å²) in [5.41, 5.74) is 1.16. The molecular weight excluding hydrogens is 328 g/mol. The van der Waals surface area contributed by atoms with Gasteiger partial charge in [-0.05, 0) is 30.5 Å². The molecule has 1 atom stereocenters. The molecule has 0 bridgehead atoms. The van der Waals surface area contributed by atoms with Gasteiger partial charge in [-0.25, -0.2) is 4.98 Å². The third-order valence-corrected chi connectivity index (χ3v) is 4.74. The summed E-state index contributed by atoms with van der Waals surface area (Å²) in [6.45, 7) is 5.13. The van der Waals surface area contributed by atoms with Crippen molar-refractivity contribution in [2.24, 2.45) is 7.05 Å². The summed E-state index contributed by atoms with van der Waals surface area (Å²) in [7, 11) is 1.97. The number of aromatic nitrogens is 2. The first-order valence-corrected chi connectivity index (χ1v) is 9.38. The number of nitrogens with zero attached hydrogens (tertiary/aromatic N) is 3. The Labute approximate surface area is 155 Å². The fraction of sp³-hybridized carbons (Fsp3) is 0.500. The first-order chi connectivity index (χ1) is 12.7. The number of aryl methyl sites for hydroxylation is 2. The quantitative estimate of drug-likeness (QED) is 0.827. The van der Waals surface area contributed by atoms with Crippen molar-refractivity contribution in [3.05, 3.63) is 48.0 Å². The topological polar surface area (TPSA) is 59.4 Å². The summed E-state index contributed by atoms with van der Waals surface area (Å²) >= 11 is 0. The van der Waals surface area contributed by atoms with Crippen molar-refractivity contribution >= 4 is 5.91 Å². The van der Waals surface area contributed by atoms with Crippen LogP contribution in [0.2, 0.25) is 0 Å². The Morgan fingerprint density at radius 3 is 2.85 bits per heavy atom. The van der Waals surface area contributed by atoms with E-state index in [0.29, 0.717) is 6.42 Å². The number of imidazole rings is 1. The predicted molar refractivity (Wildman–Crippen MR) is 101 cm³/mol. The Morgan fingerprint density at radius 2 is 2.15 bits per heavy atom. The smallest absolute Gasteiger partial charge is 0.223 e. The second-order valence-electron chi connectivity index (χ2n) is 6.70. The second-order valence-corrected chi connectivity index (χ2v) is 6.70. The zero-order valence-corrected chi connectivity index (χ0v) is 15.6. The van der Waals surface area contributed by atoms with Crippen LogP contribution in [0, 0.1) is 0 Å². The van der Waals surface area contributed by atoms with Gasteiger partial charge in [-0.2, -0.15) is 0 Å².